The fourth-order valence-corrected chi connectivity index (χ4v) is 2.52. The number of carbonyl (C=O) groups is 1. The van der Waals surface area contributed by atoms with E-state index in [4.69, 9.17) is 5.73 Å². The number of hydrogen-bond acceptors (Lipinski definition) is 3. The van der Waals surface area contributed by atoms with E-state index in [2.05, 4.69) is 18.8 Å². The molecule has 1 fully saturated rings. The molecule has 1 aliphatic rings. The van der Waals surface area contributed by atoms with E-state index in [0.29, 0.717) is 24.7 Å². The SMILES string of the molecule is CC(C)C1(N)CN(C(=O)c2ccc3ccccc3n2)C1. The maximum atomic E-state index is 12.4. The average molecular weight is 269 g/mol. The molecule has 1 aliphatic heterocycles. The molecule has 20 heavy (non-hydrogen) atoms. The highest BCUT2D eigenvalue weighted by Gasteiger charge is 2.44. The van der Waals surface area contributed by atoms with Crippen LogP contribution in [0.15, 0.2) is 36.4 Å². The Morgan fingerprint density at radius 3 is 2.65 bits per heavy atom. The topological polar surface area (TPSA) is 59.2 Å². The largest absolute Gasteiger partial charge is 0.333 e. The van der Waals surface area contributed by atoms with Crippen molar-refractivity contribution < 1.29 is 4.79 Å². The Bertz CT molecular complexity index is 660. The molecule has 1 saturated heterocycles. The summed E-state index contributed by atoms with van der Waals surface area (Å²) in [6, 6.07) is 11.5. The molecule has 0 aliphatic carbocycles. The molecule has 0 atom stereocenters. The normalized spacial score (nSPS) is 17.3. The van der Waals surface area contributed by atoms with Gasteiger partial charge in [0.1, 0.15) is 5.69 Å². The number of fused-ring (bicyclic) bond motifs is 1. The van der Waals surface area contributed by atoms with Gasteiger partial charge < -0.3 is 10.6 Å². The van der Waals surface area contributed by atoms with Gasteiger partial charge in [0, 0.05) is 18.5 Å². The van der Waals surface area contributed by atoms with Gasteiger partial charge in [-0.15, -0.1) is 0 Å². The van der Waals surface area contributed by atoms with Crippen LogP contribution in [0.2, 0.25) is 0 Å². The lowest BCUT2D eigenvalue weighted by Crippen LogP contribution is -2.71. The lowest BCUT2D eigenvalue weighted by molar-refractivity contribution is 0.0270. The molecule has 0 bridgehead atoms. The summed E-state index contributed by atoms with van der Waals surface area (Å²) in [6.45, 7) is 5.40. The van der Waals surface area contributed by atoms with Gasteiger partial charge in [-0.25, -0.2) is 4.98 Å². The molecule has 0 saturated carbocycles. The summed E-state index contributed by atoms with van der Waals surface area (Å²) in [7, 11) is 0. The number of likely N-dealkylation sites (tertiary alicyclic amines) is 1. The first kappa shape index (κ1) is 13.1. The third-order valence-corrected chi connectivity index (χ3v) is 4.23. The summed E-state index contributed by atoms with van der Waals surface area (Å²) < 4.78 is 0. The van der Waals surface area contributed by atoms with Gasteiger partial charge in [-0.1, -0.05) is 38.1 Å². The fraction of sp³-hybridized carbons (Fsp3) is 0.375. The first-order valence-corrected chi connectivity index (χ1v) is 6.93. The molecular formula is C16H19N3O. The van der Waals surface area contributed by atoms with Crippen molar-refractivity contribution in [2.24, 2.45) is 11.7 Å². The van der Waals surface area contributed by atoms with Crippen molar-refractivity contribution in [3.8, 4) is 0 Å². The van der Waals surface area contributed by atoms with Gasteiger partial charge in [0.25, 0.3) is 5.91 Å². The second-order valence-electron chi connectivity index (χ2n) is 5.94. The smallest absolute Gasteiger partial charge is 0.272 e. The molecule has 0 spiro atoms. The van der Waals surface area contributed by atoms with Crippen LogP contribution in [0.25, 0.3) is 10.9 Å². The molecule has 1 amide bonds. The third kappa shape index (κ3) is 2.06. The molecule has 0 unspecified atom stereocenters. The summed E-state index contributed by atoms with van der Waals surface area (Å²) in [5, 5.41) is 1.04. The van der Waals surface area contributed by atoms with Gasteiger partial charge in [-0.3, -0.25) is 4.79 Å². The quantitative estimate of drug-likeness (QED) is 0.907. The number of benzene rings is 1. The Balaban J connectivity index is 1.80. The van der Waals surface area contributed by atoms with E-state index >= 15 is 0 Å². The highest BCUT2D eigenvalue weighted by atomic mass is 16.2. The first-order chi connectivity index (χ1) is 9.49. The van der Waals surface area contributed by atoms with Gasteiger partial charge >= 0.3 is 0 Å². The van der Waals surface area contributed by atoms with Crippen LogP contribution < -0.4 is 5.73 Å². The Labute approximate surface area is 118 Å². The summed E-state index contributed by atoms with van der Waals surface area (Å²) in [6.07, 6.45) is 0. The van der Waals surface area contributed by atoms with Crippen molar-refractivity contribution in [2.75, 3.05) is 13.1 Å². The average Bonchev–Trinajstić information content (AvgIpc) is 2.42. The van der Waals surface area contributed by atoms with Gasteiger partial charge in [0.05, 0.1) is 11.1 Å². The predicted molar refractivity (Wildman–Crippen MR) is 79.4 cm³/mol. The zero-order valence-corrected chi connectivity index (χ0v) is 11.8. The van der Waals surface area contributed by atoms with E-state index in [1.54, 1.807) is 11.0 Å². The molecule has 0 radical (unpaired) electrons. The first-order valence-electron chi connectivity index (χ1n) is 6.93. The summed E-state index contributed by atoms with van der Waals surface area (Å²) >= 11 is 0. The molecular weight excluding hydrogens is 250 g/mol. The predicted octanol–water partition coefficient (Wildman–Crippen LogP) is 2.04. The Kier molecular flexibility index (Phi) is 2.98. The second-order valence-corrected chi connectivity index (χ2v) is 5.94. The number of nitrogens with two attached hydrogens (primary N) is 1. The second kappa shape index (κ2) is 4.56. The van der Waals surface area contributed by atoms with Crippen LogP contribution in [0, 0.1) is 5.92 Å². The van der Waals surface area contributed by atoms with Crippen molar-refractivity contribution in [3.05, 3.63) is 42.1 Å². The number of nitrogens with zero attached hydrogens (tertiary/aromatic N) is 2. The standard InChI is InChI=1S/C16H19N3O/c1-11(2)16(17)9-19(10-16)15(20)14-8-7-12-5-3-4-6-13(12)18-14/h3-8,11H,9-10,17H2,1-2H3. The number of aromatic nitrogens is 1. The maximum absolute atomic E-state index is 12.4. The third-order valence-electron chi connectivity index (χ3n) is 4.23. The van der Waals surface area contributed by atoms with E-state index in [0.717, 1.165) is 10.9 Å². The van der Waals surface area contributed by atoms with Crippen molar-refractivity contribution in [2.45, 2.75) is 19.4 Å². The molecule has 4 heteroatoms. The summed E-state index contributed by atoms with van der Waals surface area (Å²) in [4.78, 5) is 18.6. The molecule has 104 valence electrons. The molecule has 2 N–H and O–H groups in total. The number of amides is 1. The van der Waals surface area contributed by atoms with Gasteiger partial charge in [0.2, 0.25) is 0 Å². The maximum Gasteiger partial charge on any atom is 0.272 e. The van der Waals surface area contributed by atoms with E-state index < -0.39 is 0 Å². The molecule has 3 rings (SSSR count). The number of carbonyl (C=O) groups excluding carboxylic acids is 1. The molecule has 4 nitrogen and oxygen atoms in total. The minimum absolute atomic E-state index is 0.0301. The summed E-state index contributed by atoms with van der Waals surface area (Å²) in [5.74, 6) is 0.341. The van der Waals surface area contributed by atoms with E-state index in [-0.39, 0.29) is 11.4 Å². The van der Waals surface area contributed by atoms with Crippen LogP contribution in [0.3, 0.4) is 0 Å². The Hall–Kier alpha value is -1.94. The Morgan fingerprint density at radius 1 is 1.25 bits per heavy atom. The Morgan fingerprint density at radius 2 is 1.95 bits per heavy atom. The van der Waals surface area contributed by atoms with Crippen LogP contribution in [0.5, 0.6) is 0 Å². The van der Waals surface area contributed by atoms with Crippen LogP contribution in [-0.2, 0) is 0 Å². The lowest BCUT2D eigenvalue weighted by atomic mass is 9.80. The minimum Gasteiger partial charge on any atom is -0.333 e. The van der Waals surface area contributed by atoms with Crippen LogP contribution in [0.1, 0.15) is 24.3 Å². The number of hydrogen-bond donors (Lipinski definition) is 1. The number of para-hydroxylation sites is 1. The van der Waals surface area contributed by atoms with Crippen molar-refractivity contribution >= 4 is 16.8 Å². The monoisotopic (exact) mass is 269 g/mol. The highest BCUT2D eigenvalue weighted by molar-refractivity contribution is 5.95. The van der Waals surface area contributed by atoms with Crippen LogP contribution in [0.4, 0.5) is 0 Å². The van der Waals surface area contributed by atoms with Crippen LogP contribution >= 0.6 is 0 Å². The molecule has 2 heterocycles. The summed E-state index contributed by atoms with van der Waals surface area (Å²) in [5.41, 5.74) is 7.33. The van der Waals surface area contributed by atoms with E-state index in [9.17, 15) is 4.79 Å². The van der Waals surface area contributed by atoms with Crippen molar-refractivity contribution in [1.29, 1.82) is 0 Å². The van der Waals surface area contributed by atoms with E-state index in [1.807, 2.05) is 30.3 Å². The lowest BCUT2D eigenvalue weighted by Gasteiger charge is -2.50. The minimum atomic E-state index is -0.244. The zero-order chi connectivity index (χ0) is 14.3. The van der Waals surface area contributed by atoms with Crippen molar-refractivity contribution in [3.63, 3.8) is 0 Å². The van der Waals surface area contributed by atoms with Crippen LogP contribution in [-0.4, -0.2) is 34.4 Å². The number of pyridine rings is 1. The number of rotatable bonds is 2. The molecule has 2 aromatic rings. The molecule has 1 aromatic carbocycles. The van der Waals surface area contributed by atoms with Gasteiger partial charge in [0.15, 0.2) is 0 Å². The van der Waals surface area contributed by atoms with Gasteiger partial charge in [-0.05, 0) is 18.1 Å². The van der Waals surface area contributed by atoms with E-state index in [1.165, 1.54) is 0 Å². The zero-order valence-electron chi connectivity index (χ0n) is 11.8. The molecule has 1 aromatic heterocycles. The van der Waals surface area contributed by atoms with Crippen molar-refractivity contribution in [1.82, 2.24) is 9.88 Å². The fourth-order valence-electron chi connectivity index (χ4n) is 2.52. The highest BCUT2D eigenvalue weighted by Crippen LogP contribution is 2.27. The van der Waals surface area contributed by atoms with Gasteiger partial charge in [-0.2, -0.15) is 0 Å².